The minimum atomic E-state index is -3.47. The third-order valence-electron chi connectivity index (χ3n) is 4.07. The molecule has 2 aromatic heterocycles. The zero-order chi connectivity index (χ0) is 15.6. The molecule has 0 atom stereocenters. The van der Waals surface area contributed by atoms with Crippen LogP contribution < -0.4 is 4.72 Å². The Balaban J connectivity index is 1.60. The lowest BCUT2D eigenvalue weighted by molar-refractivity contribution is 0.293. The minimum absolute atomic E-state index is 0.0156. The molecule has 22 heavy (non-hydrogen) atoms. The van der Waals surface area contributed by atoms with E-state index in [0.717, 1.165) is 31.2 Å². The quantitative estimate of drug-likeness (QED) is 0.935. The number of nitrogens with one attached hydrogen (secondary N) is 1. The predicted molar refractivity (Wildman–Crippen MR) is 82.8 cm³/mol. The van der Waals surface area contributed by atoms with Crippen molar-refractivity contribution in [1.82, 2.24) is 19.5 Å². The highest BCUT2D eigenvalue weighted by molar-refractivity contribution is 7.89. The summed E-state index contributed by atoms with van der Waals surface area (Å²) in [6, 6.07) is 3.55. The first-order valence-electron chi connectivity index (χ1n) is 7.48. The van der Waals surface area contributed by atoms with Crippen molar-refractivity contribution in [1.29, 1.82) is 0 Å². The maximum Gasteiger partial charge on any atom is 0.242 e. The highest BCUT2D eigenvalue weighted by Gasteiger charge is 2.26. The monoisotopic (exact) mass is 320 g/mol. The smallest absolute Gasteiger partial charge is 0.242 e. The average molecular weight is 320 g/mol. The van der Waals surface area contributed by atoms with Crippen molar-refractivity contribution >= 4 is 10.0 Å². The van der Waals surface area contributed by atoms with E-state index in [0.29, 0.717) is 6.04 Å². The van der Waals surface area contributed by atoms with Gasteiger partial charge in [-0.3, -0.25) is 9.67 Å². The second-order valence-electron chi connectivity index (χ2n) is 5.81. The molecule has 2 aromatic rings. The molecular weight excluding hydrogens is 300 g/mol. The summed E-state index contributed by atoms with van der Waals surface area (Å²) in [6.45, 7) is 2.02. The molecule has 3 rings (SSSR count). The van der Waals surface area contributed by atoms with Gasteiger partial charge in [-0.25, -0.2) is 13.1 Å². The molecule has 0 bridgehead atoms. The third kappa shape index (κ3) is 3.36. The van der Waals surface area contributed by atoms with E-state index in [9.17, 15) is 8.42 Å². The molecule has 1 aliphatic rings. The van der Waals surface area contributed by atoms with Gasteiger partial charge in [0.05, 0.1) is 12.2 Å². The summed E-state index contributed by atoms with van der Waals surface area (Å²) in [4.78, 5) is 4.09. The molecule has 0 aliphatic heterocycles. The number of rotatable bonds is 4. The van der Waals surface area contributed by atoms with Gasteiger partial charge in [-0.2, -0.15) is 5.10 Å². The molecule has 0 amide bonds. The zero-order valence-electron chi connectivity index (χ0n) is 12.5. The molecule has 1 aliphatic carbocycles. The van der Waals surface area contributed by atoms with Crippen LogP contribution in [0.2, 0.25) is 0 Å². The minimum Gasteiger partial charge on any atom is -0.269 e. The van der Waals surface area contributed by atoms with Gasteiger partial charge in [0.1, 0.15) is 4.90 Å². The van der Waals surface area contributed by atoms with Crippen LogP contribution in [-0.4, -0.2) is 29.2 Å². The molecule has 1 fully saturated rings. The first-order chi connectivity index (χ1) is 10.5. The van der Waals surface area contributed by atoms with E-state index in [1.165, 1.54) is 6.20 Å². The fourth-order valence-corrected chi connectivity index (χ4v) is 4.15. The van der Waals surface area contributed by atoms with Crippen LogP contribution in [0.3, 0.4) is 0 Å². The van der Waals surface area contributed by atoms with Crippen molar-refractivity contribution in [2.45, 2.75) is 49.6 Å². The average Bonchev–Trinajstić information content (AvgIpc) is 2.95. The number of aromatic nitrogens is 3. The lowest BCUT2D eigenvalue weighted by atomic mass is 9.92. The first-order valence-corrected chi connectivity index (χ1v) is 8.96. The number of aryl methyl sites for hydroxylation is 1. The largest absolute Gasteiger partial charge is 0.269 e. The fraction of sp³-hybridized carbons (Fsp3) is 0.467. The van der Waals surface area contributed by atoms with Crippen LogP contribution >= 0.6 is 0 Å². The van der Waals surface area contributed by atoms with Gasteiger partial charge in [0, 0.05) is 24.6 Å². The standard InChI is InChI=1S/C15H20N4O2S/c1-12-9-17-19(11-12)14-6-4-13(5-7-14)18-22(20,21)15-3-2-8-16-10-15/h2-3,8-11,13-14,18H,4-7H2,1H3. The third-order valence-corrected chi connectivity index (χ3v) is 5.57. The number of hydrogen-bond donors (Lipinski definition) is 1. The topological polar surface area (TPSA) is 76.9 Å². The van der Waals surface area contributed by atoms with E-state index in [4.69, 9.17) is 0 Å². The van der Waals surface area contributed by atoms with Gasteiger partial charge in [-0.1, -0.05) is 0 Å². The molecule has 118 valence electrons. The Morgan fingerprint density at radius 3 is 2.59 bits per heavy atom. The number of hydrogen-bond acceptors (Lipinski definition) is 4. The lowest BCUT2D eigenvalue weighted by Gasteiger charge is -2.29. The maximum absolute atomic E-state index is 12.3. The van der Waals surface area contributed by atoms with Crippen molar-refractivity contribution in [2.24, 2.45) is 0 Å². The van der Waals surface area contributed by atoms with Crippen LogP contribution in [0.25, 0.3) is 0 Å². The molecule has 0 unspecified atom stereocenters. The molecule has 0 spiro atoms. The van der Waals surface area contributed by atoms with Gasteiger partial charge in [-0.05, 0) is 50.3 Å². The molecule has 0 saturated heterocycles. The Morgan fingerprint density at radius 1 is 1.23 bits per heavy atom. The van der Waals surface area contributed by atoms with Gasteiger partial charge < -0.3 is 0 Å². The Bertz CT molecular complexity index is 719. The van der Waals surface area contributed by atoms with Crippen LogP contribution in [0.5, 0.6) is 0 Å². The summed E-state index contributed by atoms with van der Waals surface area (Å²) in [5.41, 5.74) is 1.15. The van der Waals surface area contributed by atoms with Gasteiger partial charge >= 0.3 is 0 Å². The van der Waals surface area contributed by atoms with Crippen molar-refractivity contribution < 1.29 is 8.42 Å². The van der Waals surface area contributed by atoms with Crippen molar-refractivity contribution in [2.75, 3.05) is 0 Å². The Morgan fingerprint density at radius 2 is 2.00 bits per heavy atom. The zero-order valence-corrected chi connectivity index (χ0v) is 13.3. The first kappa shape index (κ1) is 15.2. The second-order valence-corrected chi connectivity index (χ2v) is 7.53. The van der Waals surface area contributed by atoms with Crippen LogP contribution in [0.4, 0.5) is 0 Å². The van der Waals surface area contributed by atoms with Crippen molar-refractivity contribution in [3.05, 3.63) is 42.5 Å². The second kappa shape index (κ2) is 6.18. The van der Waals surface area contributed by atoms with E-state index in [1.807, 2.05) is 24.0 Å². The summed E-state index contributed by atoms with van der Waals surface area (Å²) in [7, 11) is -3.47. The molecule has 0 radical (unpaired) electrons. The van der Waals surface area contributed by atoms with Crippen molar-refractivity contribution in [3.63, 3.8) is 0 Å². The molecule has 1 N–H and O–H groups in total. The van der Waals surface area contributed by atoms with Gasteiger partial charge in [0.25, 0.3) is 0 Å². The Hall–Kier alpha value is -1.73. The summed E-state index contributed by atoms with van der Waals surface area (Å²) in [5, 5.41) is 4.36. The summed E-state index contributed by atoms with van der Waals surface area (Å²) >= 11 is 0. The molecule has 0 aromatic carbocycles. The van der Waals surface area contributed by atoms with Crippen LogP contribution in [0.15, 0.2) is 41.8 Å². The number of pyridine rings is 1. The normalized spacial score (nSPS) is 22.6. The van der Waals surface area contributed by atoms with E-state index in [2.05, 4.69) is 14.8 Å². The lowest BCUT2D eigenvalue weighted by Crippen LogP contribution is -2.38. The Labute approximate surface area is 130 Å². The van der Waals surface area contributed by atoms with E-state index >= 15 is 0 Å². The van der Waals surface area contributed by atoms with Crippen LogP contribution in [0, 0.1) is 6.92 Å². The van der Waals surface area contributed by atoms with Crippen LogP contribution in [0.1, 0.15) is 37.3 Å². The highest BCUT2D eigenvalue weighted by Crippen LogP contribution is 2.28. The maximum atomic E-state index is 12.3. The van der Waals surface area contributed by atoms with Gasteiger partial charge in [0.2, 0.25) is 10.0 Å². The highest BCUT2D eigenvalue weighted by atomic mass is 32.2. The number of nitrogens with zero attached hydrogens (tertiary/aromatic N) is 3. The molecule has 7 heteroatoms. The van der Waals surface area contributed by atoms with E-state index in [1.54, 1.807) is 18.3 Å². The molecular formula is C15H20N4O2S. The summed E-state index contributed by atoms with van der Waals surface area (Å²) in [5.74, 6) is 0. The summed E-state index contributed by atoms with van der Waals surface area (Å²) < 4.78 is 29.4. The van der Waals surface area contributed by atoms with Gasteiger partial charge in [-0.15, -0.1) is 0 Å². The van der Waals surface area contributed by atoms with E-state index < -0.39 is 10.0 Å². The summed E-state index contributed by atoms with van der Waals surface area (Å²) in [6.07, 6.45) is 10.4. The SMILES string of the molecule is Cc1cnn(C2CCC(NS(=O)(=O)c3cccnc3)CC2)c1. The van der Waals surface area contributed by atoms with Gasteiger partial charge in [0.15, 0.2) is 0 Å². The fourth-order valence-electron chi connectivity index (χ4n) is 2.88. The van der Waals surface area contributed by atoms with E-state index in [-0.39, 0.29) is 10.9 Å². The van der Waals surface area contributed by atoms with Crippen LogP contribution in [-0.2, 0) is 10.0 Å². The van der Waals surface area contributed by atoms with Crippen molar-refractivity contribution in [3.8, 4) is 0 Å². The Kier molecular flexibility index (Phi) is 4.26. The molecule has 6 nitrogen and oxygen atoms in total. The molecule has 1 saturated carbocycles. The number of sulfonamides is 1. The predicted octanol–water partition coefficient (Wildman–Crippen LogP) is 2.05. The molecule has 2 heterocycles.